The molecule has 11 nitrogen and oxygen atoms in total. The molecule has 4 aromatic rings. The molecular formula is C25H19F4N5O6. The Labute approximate surface area is 222 Å². The Morgan fingerprint density at radius 1 is 0.975 bits per heavy atom. The van der Waals surface area contributed by atoms with Gasteiger partial charge in [-0.15, -0.1) is 0 Å². The van der Waals surface area contributed by atoms with Gasteiger partial charge >= 0.3 is 24.1 Å². The Morgan fingerprint density at radius 3 is 2.30 bits per heavy atom. The van der Waals surface area contributed by atoms with Gasteiger partial charge in [0.15, 0.2) is 0 Å². The van der Waals surface area contributed by atoms with E-state index in [1.54, 1.807) is 23.9 Å². The Kier molecular flexibility index (Phi) is 9.01. The van der Waals surface area contributed by atoms with Gasteiger partial charge in [-0.1, -0.05) is 6.07 Å². The van der Waals surface area contributed by atoms with Crippen LogP contribution in [0.5, 0.6) is 11.6 Å². The van der Waals surface area contributed by atoms with Crippen LogP contribution in [0.4, 0.5) is 33.7 Å². The molecule has 0 aliphatic carbocycles. The minimum atomic E-state index is -4.55. The molecule has 40 heavy (non-hydrogen) atoms. The summed E-state index contributed by atoms with van der Waals surface area (Å²) in [6.07, 6.45) is -0.333. The topological polar surface area (TPSA) is 156 Å². The maximum atomic E-state index is 14.5. The van der Waals surface area contributed by atoms with Crippen molar-refractivity contribution in [2.45, 2.75) is 6.18 Å². The maximum absolute atomic E-state index is 14.5. The molecular weight excluding hydrogens is 542 g/mol. The number of halogens is 4. The van der Waals surface area contributed by atoms with Crippen LogP contribution < -0.4 is 15.4 Å². The first-order valence-electron chi connectivity index (χ1n) is 11.0. The highest BCUT2D eigenvalue weighted by atomic mass is 19.4. The highest BCUT2D eigenvalue weighted by Crippen LogP contribution is 2.31. The van der Waals surface area contributed by atoms with E-state index in [4.69, 9.17) is 14.9 Å². The van der Waals surface area contributed by atoms with Gasteiger partial charge in [-0.3, -0.25) is 0 Å². The van der Waals surface area contributed by atoms with Gasteiger partial charge in [0.25, 0.3) is 0 Å². The van der Waals surface area contributed by atoms with Gasteiger partial charge in [0, 0.05) is 37.2 Å². The molecule has 208 valence electrons. The molecule has 15 heteroatoms. The molecule has 0 bridgehead atoms. The summed E-state index contributed by atoms with van der Waals surface area (Å²) in [6.45, 7) is 0. The standard InChI is InChI=1S/C21H15F4N5O2.C4H4O4/c1-30-8-7-17-18(30)19(27-11-26-17)32-14-5-6-16(15(22)10-14)29-20(31)28-13-4-2-3-12(9-13)21(23,24)25;5-3(6)1-2-4(7)8/h2-11H,1H3,(H2,28,29,31);1-2H,(H,5,6)(H,7,8). The van der Waals surface area contributed by atoms with E-state index < -0.39 is 35.5 Å². The number of rotatable bonds is 6. The third-order valence-electron chi connectivity index (χ3n) is 4.85. The third kappa shape index (κ3) is 8.01. The molecule has 0 aliphatic heterocycles. The van der Waals surface area contributed by atoms with Gasteiger partial charge < -0.3 is 30.2 Å². The van der Waals surface area contributed by atoms with Crippen LogP contribution in [0.2, 0.25) is 0 Å². The Hall–Kier alpha value is -5.47. The second-order valence-corrected chi connectivity index (χ2v) is 7.75. The zero-order chi connectivity index (χ0) is 29.4. The van der Waals surface area contributed by atoms with Crippen molar-refractivity contribution in [2.75, 3.05) is 10.6 Å². The number of urea groups is 1. The molecule has 0 unspecified atom stereocenters. The Balaban J connectivity index is 0.000000482. The molecule has 2 amide bonds. The van der Waals surface area contributed by atoms with Crippen molar-refractivity contribution in [1.82, 2.24) is 14.5 Å². The fourth-order valence-corrected chi connectivity index (χ4v) is 3.13. The van der Waals surface area contributed by atoms with Gasteiger partial charge in [-0.25, -0.2) is 23.8 Å². The van der Waals surface area contributed by atoms with Crippen LogP contribution in [0.15, 0.2) is 73.2 Å². The number of carbonyl (C=O) groups is 3. The summed E-state index contributed by atoms with van der Waals surface area (Å²) in [6, 6.07) is 8.70. The number of hydrogen-bond donors (Lipinski definition) is 4. The number of ether oxygens (including phenoxy) is 1. The second kappa shape index (κ2) is 12.4. The number of hydrogen-bond acceptors (Lipinski definition) is 6. The zero-order valence-corrected chi connectivity index (χ0v) is 20.3. The van der Waals surface area contributed by atoms with E-state index in [9.17, 15) is 31.9 Å². The van der Waals surface area contributed by atoms with Crippen molar-refractivity contribution in [3.8, 4) is 11.6 Å². The fraction of sp³-hybridized carbons (Fsp3) is 0.0800. The number of amides is 2. The molecule has 2 aromatic carbocycles. The summed E-state index contributed by atoms with van der Waals surface area (Å²) in [4.78, 5) is 39.4. The number of aromatic nitrogens is 3. The van der Waals surface area contributed by atoms with Crippen molar-refractivity contribution in [2.24, 2.45) is 7.05 Å². The second-order valence-electron chi connectivity index (χ2n) is 7.75. The number of carbonyl (C=O) groups excluding carboxylic acids is 1. The van der Waals surface area contributed by atoms with E-state index in [0.717, 1.165) is 24.3 Å². The molecule has 0 radical (unpaired) electrons. The summed E-state index contributed by atoms with van der Waals surface area (Å²) in [7, 11) is 1.79. The van der Waals surface area contributed by atoms with Crippen LogP contribution in [0.3, 0.4) is 0 Å². The lowest BCUT2D eigenvalue weighted by atomic mass is 10.2. The number of alkyl halides is 3. The Bertz CT molecular complexity index is 1570. The number of fused-ring (bicyclic) bond motifs is 1. The maximum Gasteiger partial charge on any atom is 0.416 e. The number of aryl methyl sites for hydroxylation is 1. The van der Waals surface area contributed by atoms with Crippen molar-refractivity contribution < 1.29 is 46.9 Å². The minimum Gasteiger partial charge on any atom is -0.478 e. The summed E-state index contributed by atoms with van der Waals surface area (Å²) in [5, 5.41) is 20.1. The fourth-order valence-electron chi connectivity index (χ4n) is 3.13. The largest absolute Gasteiger partial charge is 0.478 e. The highest BCUT2D eigenvalue weighted by molar-refractivity contribution is 6.00. The van der Waals surface area contributed by atoms with Gasteiger partial charge in [0.2, 0.25) is 5.88 Å². The van der Waals surface area contributed by atoms with E-state index in [-0.39, 0.29) is 23.0 Å². The number of carboxylic acids is 2. The van der Waals surface area contributed by atoms with Crippen LogP contribution in [-0.4, -0.2) is 42.7 Å². The lowest BCUT2D eigenvalue weighted by Gasteiger charge is -2.12. The monoisotopic (exact) mass is 561 g/mol. The van der Waals surface area contributed by atoms with E-state index in [1.807, 2.05) is 0 Å². The predicted molar refractivity (Wildman–Crippen MR) is 133 cm³/mol. The van der Waals surface area contributed by atoms with Gasteiger partial charge in [-0.2, -0.15) is 18.2 Å². The number of carboxylic acid groups (broad SMARTS) is 2. The van der Waals surface area contributed by atoms with E-state index in [0.29, 0.717) is 23.2 Å². The number of nitrogens with zero attached hydrogens (tertiary/aromatic N) is 3. The number of aliphatic carboxylic acids is 2. The van der Waals surface area contributed by atoms with E-state index in [1.165, 1.54) is 24.5 Å². The molecule has 4 rings (SSSR count). The summed E-state index contributed by atoms with van der Waals surface area (Å²) < 4.78 is 60.3. The molecule has 0 spiro atoms. The van der Waals surface area contributed by atoms with Crippen molar-refractivity contribution in [3.05, 3.63) is 84.6 Å². The first-order chi connectivity index (χ1) is 18.8. The van der Waals surface area contributed by atoms with Crippen molar-refractivity contribution in [3.63, 3.8) is 0 Å². The molecule has 2 heterocycles. The number of nitrogens with one attached hydrogen (secondary N) is 2. The SMILES string of the molecule is Cn1ccc2ncnc(Oc3ccc(NC(=O)Nc4cccc(C(F)(F)F)c4)c(F)c3)c21.O=C(O)C=CC(=O)O. The predicted octanol–water partition coefficient (Wildman–Crippen LogP) is 5.27. The molecule has 0 saturated carbocycles. The van der Waals surface area contributed by atoms with Crippen molar-refractivity contribution in [1.29, 1.82) is 0 Å². The molecule has 0 fully saturated rings. The summed E-state index contributed by atoms with van der Waals surface area (Å²) in [5.74, 6) is -2.96. The minimum absolute atomic E-state index is 0.0898. The lowest BCUT2D eigenvalue weighted by Crippen LogP contribution is -2.20. The molecule has 4 N–H and O–H groups in total. The normalized spacial score (nSPS) is 11.0. The van der Waals surface area contributed by atoms with Crippen LogP contribution in [0.1, 0.15) is 5.56 Å². The van der Waals surface area contributed by atoms with Crippen LogP contribution >= 0.6 is 0 Å². The van der Waals surface area contributed by atoms with Crippen molar-refractivity contribution >= 4 is 40.4 Å². The number of anilines is 2. The van der Waals surface area contributed by atoms with E-state index >= 15 is 0 Å². The smallest absolute Gasteiger partial charge is 0.416 e. The quantitative estimate of drug-likeness (QED) is 0.183. The molecule has 0 aliphatic rings. The molecule has 2 aromatic heterocycles. The van der Waals surface area contributed by atoms with Crippen LogP contribution in [0, 0.1) is 5.82 Å². The van der Waals surface area contributed by atoms with Gasteiger partial charge in [-0.05, 0) is 36.4 Å². The third-order valence-corrected chi connectivity index (χ3v) is 4.85. The molecule has 0 saturated heterocycles. The average Bonchev–Trinajstić information content (AvgIpc) is 3.26. The lowest BCUT2D eigenvalue weighted by molar-refractivity contribution is -0.137. The Morgan fingerprint density at radius 2 is 1.68 bits per heavy atom. The summed E-state index contributed by atoms with van der Waals surface area (Å²) >= 11 is 0. The average molecular weight is 561 g/mol. The molecule has 0 atom stereocenters. The van der Waals surface area contributed by atoms with Crippen LogP contribution in [-0.2, 0) is 22.8 Å². The van der Waals surface area contributed by atoms with Gasteiger partial charge in [0.05, 0.1) is 16.8 Å². The van der Waals surface area contributed by atoms with Gasteiger partial charge in [0.1, 0.15) is 23.4 Å². The van der Waals surface area contributed by atoms with E-state index in [2.05, 4.69) is 20.6 Å². The van der Waals surface area contributed by atoms with Crippen LogP contribution in [0.25, 0.3) is 11.0 Å². The first kappa shape index (κ1) is 29.1. The number of benzene rings is 2. The highest BCUT2D eigenvalue weighted by Gasteiger charge is 2.30. The first-order valence-corrected chi connectivity index (χ1v) is 11.0. The zero-order valence-electron chi connectivity index (χ0n) is 20.3. The summed E-state index contributed by atoms with van der Waals surface area (Å²) in [5.41, 5.74) is 0.0830.